The summed E-state index contributed by atoms with van der Waals surface area (Å²) in [4.78, 5) is -0.746. The maximum Gasteiger partial charge on any atom is 0.501 e. The number of hydrogen-bond acceptors (Lipinski definition) is 2. The van der Waals surface area contributed by atoms with Gasteiger partial charge in [-0.3, -0.25) is 0 Å². The minimum atomic E-state index is -5.33. The number of hydrogen-bond donors (Lipinski definition) is 0. The molecule has 3 aromatic carbocycles. The van der Waals surface area contributed by atoms with E-state index < -0.39 is 20.2 Å². The largest absolute Gasteiger partial charge is 0.501 e. The van der Waals surface area contributed by atoms with Gasteiger partial charge in [0.25, 0.3) is 9.84 Å². The van der Waals surface area contributed by atoms with Crippen molar-refractivity contribution >= 4 is 9.84 Å². The smallest absolute Gasteiger partial charge is 0.214 e. The van der Waals surface area contributed by atoms with E-state index >= 15 is 0 Å². The Hall–Kier alpha value is -2.60. The van der Waals surface area contributed by atoms with Gasteiger partial charge >= 0.3 is 5.51 Å². The fourth-order valence-corrected chi connectivity index (χ4v) is 4.14. The van der Waals surface area contributed by atoms with Crippen LogP contribution in [-0.2, 0) is 16.3 Å². The summed E-state index contributed by atoms with van der Waals surface area (Å²) >= 11 is 0. The number of halogens is 3. The van der Waals surface area contributed by atoms with Crippen LogP contribution in [0.1, 0.15) is 11.1 Å². The summed E-state index contributed by atoms with van der Waals surface area (Å²) in [6.45, 7) is 0. The molecule has 0 bridgehead atoms. The standard InChI is InChI=1S/C20H13F3O2S/c21-20(22,23)26(24,25)15-10-8-13(9-11-15)16-6-3-7-18-17-5-2-1-4-14(17)12-19(16)18/h1-11H,12H2. The number of sulfone groups is 1. The highest BCUT2D eigenvalue weighted by atomic mass is 32.2. The van der Waals surface area contributed by atoms with Crippen molar-refractivity contribution in [3.8, 4) is 22.3 Å². The number of rotatable bonds is 2. The van der Waals surface area contributed by atoms with Crippen molar-refractivity contribution < 1.29 is 21.6 Å². The van der Waals surface area contributed by atoms with E-state index in [1.807, 2.05) is 36.4 Å². The van der Waals surface area contributed by atoms with Crippen molar-refractivity contribution in [2.24, 2.45) is 0 Å². The molecule has 4 rings (SSSR count). The highest BCUT2D eigenvalue weighted by molar-refractivity contribution is 7.92. The van der Waals surface area contributed by atoms with Gasteiger partial charge in [0.15, 0.2) is 0 Å². The zero-order chi connectivity index (χ0) is 18.5. The highest BCUT2D eigenvalue weighted by Gasteiger charge is 2.46. The van der Waals surface area contributed by atoms with E-state index in [9.17, 15) is 21.6 Å². The first kappa shape index (κ1) is 16.8. The van der Waals surface area contributed by atoms with E-state index in [-0.39, 0.29) is 0 Å². The molecule has 2 nitrogen and oxygen atoms in total. The van der Waals surface area contributed by atoms with Crippen molar-refractivity contribution in [2.75, 3.05) is 0 Å². The molecule has 0 atom stereocenters. The van der Waals surface area contributed by atoms with Crippen LogP contribution in [-0.4, -0.2) is 13.9 Å². The molecule has 0 radical (unpaired) electrons. The number of alkyl halides is 3. The average molecular weight is 374 g/mol. The summed E-state index contributed by atoms with van der Waals surface area (Å²) in [6, 6.07) is 18.7. The lowest BCUT2D eigenvalue weighted by Gasteiger charge is -2.11. The van der Waals surface area contributed by atoms with Crippen LogP contribution in [0.25, 0.3) is 22.3 Å². The van der Waals surface area contributed by atoms with Gasteiger partial charge in [-0.05, 0) is 51.9 Å². The van der Waals surface area contributed by atoms with E-state index in [0.29, 0.717) is 5.56 Å². The molecule has 0 aromatic heterocycles. The fraction of sp³-hybridized carbons (Fsp3) is 0.100. The quantitative estimate of drug-likeness (QED) is 0.482. The third kappa shape index (κ3) is 2.52. The molecular weight excluding hydrogens is 361 g/mol. The molecule has 3 aromatic rings. The molecule has 0 saturated heterocycles. The average Bonchev–Trinajstić information content (AvgIpc) is 2.99. The Bertz CT molecular complexity index is 1100. The Morgan fingerprint density at radius 1 is 0.731 bits per heavy atom. The van der Waals surface area contributed by atoms with Gasteiger partial charge in [-0.25, -0.2) is 8.42 Å². The van der Waals surface area contributed by atoms with Crippen LogP contribution < -0.4 is 0 Å². The van der Waals surface area contributed by atoms with Gasteiger partial charge in [0.1, 0.15) is 0 Å². The van der Waals surface area contributed by atoms with Gasteiger partial charge < -0.3 is 0 Å². The van der Waals surface area contributed by atoms with Crippen LogP contribution >= 0.6 is 0 Å². The Kier molecular flexibility index (Phi) is 3.70. The predicted octanol–water partition coefficient (Wildman–Crippen LogP) is 5.22. The predicted molar refractivity (Wildman–Crippen MR) is 93.4 cm³/mol. The van der Waals surface area contributed by atoms with Gasteiger partial charge in [-0.1, -0.05) is 54.6 Å². The lowest BCUT2D eigenvalue weighted by atomic mass is 9.96. The van der Waals surface area contributed by atoms with Gasteiger partial charge in [0.2, 0.25) is 0 Å². The van der Waals surface area contributed by atoms with Gasteiger partial charge in [0, 0.05) is 0 Å². The van der Waals surface area contributed by atoms with Crippen molar-refractivity contribution in [2.45, 2.75) is 16.8 Å². The Morgan fingerprint density at radius 2 is 1.35 bits per heavy atom. The molecule has 132 valence electrons. The number of benzene rings is 3. The molecular formula is C20H13F3O2S. The summed E-state index contributed by atoms with van der Waals surface area (Å²) in [5.41, 5.74) is 0.840. The van der Waals surface area contributed by atoms with Crippen LogP contribution in [0.5, 0.6) is 0 Å². The van der Waals surface area contributed by atoms with Gasteiger partial charge in [-0.2, -0.15) is 13.2 Å². The van der Waals surface area contributed by atoms with Crippen molar-refractivity contribution in [1.29, 1.82) is 0 Å². The molecule has 0 heterocycles. The summed E-state index contributed by atoms with van der Waals surface area (Å²) in [5.74, 6) is 0. The van der Waals surface area contributed by atoms with E-state index in [4.69, 9.17) is 0 Å². The SMILES string of the molecule is O=S(=O)(c1ccc(-c2cccc3c2Cc2ccccc2-3)cc1)C(F)(F)F. The molecule has 0 N–H and O–H groups in total. The molecule has 26 heavy (non-hydrogen) atoms. The summed E-state index contributed by atoms with van der Waals surface area (Å²) in [5, 5.41) is 0. The first-order valence-corrected chi connectivity index (χ1v) is 9.39. The van der Waals surface area contributed by atoms with Crippen LogP contribution in [0.15, 0.2) is 71.6 Å². The lowest BCUT2D eigenvalue weighted by Crippen LogP contribution is -2.23. The summed E-state index contributed by atoms with van der Waals surface area (Å²) in [7, 11) is -5.33. The highest BCUT2D eigenvalue weighted by Crippen LogP contribution is 2.41. The van der Waals surface area contributed by atoms with Crippen molar-refractivity contribution in [3.63, 3.8) is 0 Å². The van der Waals surface area contributed by atoms with E-state index in [1.165, 1.54) is 17.7 Å². The van der Waals surface area contributed by atoms with Crippen LogP contribution in [0.4, 0.5) is 13.2 Å². The van der Waals surface area contributed by atoms with E-state index in [2.05, 4.69) is 6.07 Å². The lowest BCUT2D eigenvalue weighted by molar-refractivity contribution is -0.0436. The molecule has 6 heteroatoms. The zero-order valence-electron chi connectivity index (χ0n) is 13.4. The zero-order valence-corrected chi connectivity index (χ0v) is 14.2. The molecule has 0 unspecified atom stereocenters. The van der Waals surface area contributed by atoms with E-state index in [0.717, 1.165) is 40.8 Å². The van der Waals surface area contributed by atoms with Gasteiger partial charge in [0.05, 0.1) is 4.90 Å². The maximum absolute atomic E-state index is 12.7. The Labute approximate surface area is 148 Å². The van der Waals surface area contributed by atoms with Gasteiger partial charge in [-0.15, -0.1) is 0 Å². The minimum absolute atomic E-state index is 0.691. The molecule has 0 amide bonds. The normalized spacial score (nSPS) is 13.3. The number of fused-ring (bicyclic) bond motifs is 3. The summed E-state index contributed by atoms with van der Waals surface area (Å²) in [6.07, 6.45) is 0.740. The van der Waals surface area contributed by atoms with Crippen LogP contribution in [0, 0.1) is 0 Å². The molecule has 0 spiro atoms. The van der Waals surface area contributed by atoms with Crippen LogP contribution in [0.3, 0.4) is 0 Å². The van der Waals surface area contributed by atoms with E-state index in [1.54, 1.807) is 0 Å². The molecule has 0 saturated carbocycles. The third-order valence-electron chi connectivity index (χ3n) is 4.63. The minimum Gasteiger partial charge on any atom is -0.214 e. The maximum atomic E-state index is 12.7. The second-order valence-corrected chi connectivity index (χ2v) is 8.08. The molecule has 0 aliphatic heterocycles. The Morgan fingerprint density at radius 3 is 2.04 bits per heavy atom. The molecule has 1 aliphatic rings. The van der Waals surface area contributed by atoms with Crippen LogP contribution in [0.2, 0.25) is 0 Å². The van der Waals surface area contributed by atoms with Crippen molar-refractivity contribution in [3.05, 3.63) is 77.9 Å². The van der Waals surface area contributed by atoms with Crippen molar-refractivity contribution in [1.82, 2.24) is 0 Å². The first-order valence-electron chi connectivity index (χ1n) is 7.91. The summed E-state index contributed by atoms with van der Waals surface area (Å²) < 4.78 is 61.1. The topological polar surface area (TPSA) is 34.1 Å². The Balaban J connectivity index is 1.77. The molecule has 0 fully saturated rings. The first-order chi connectivity index (χ1) is 12.3. The fourth-order valence-electron chi connectivity index (χ4n) is 3.38. The molecule has 1 aliphatic carbocycles. The second kappa shape index (κ2) is 5.71. The monoisotopic (exact) mass is 374 g/mol. The second-order valence-electron chi connectivity index (χ2n) is 6.14. The third-order valence-corrected chi connectivity index (χ3v) is 6.13.